The Labute approximate surface area is 213 Å². The monoisotopic (exact) mass is 531 g/mol. The summed E-state index contributed by atoms with van der Waals surface area (Å²) < 4.78 is 53.8. The SMILES string of the molecule is CNS(=O)(=O)Nc1cccc(Cc2c(CCNCC#N)c3ccc(OC(=O)N(C)C)cc3oc2=O)c1F. The summed E-state index contributed by atoms with van der Waals surface area (Å²) in [6.07, 6.45) is -0.475. The lowest BCUT2D eigenvalue weighted by Crippen LogP contribution is -2.27. The van der Waals surface area contributed by atoms with E-state index in [4.69, 9.17) is 14.4 Å². The molecule has 0 aliphatic heterocycles. The number of rotatable bonds is 10. The Morgan fingerprint density at radius 2 is 1.97 bits per heavy atom. The predicted octanol–water partition coefficient (Wildman–Crippen LogP) is 2.12. The first kappa shape index (κ1) is 27.6. The largest absolute Gasteiger partial charge is 0.422 e. The molecule has 3 aromatic rings. The van der Waals surface area contributed by atoms with Gasteiger partial charge in [-0.1, -0.05) is 12.1 Å². The highest BCUT2D eigenvalue weighted by atomic mass is 32.2. The second-order valence-corrected chi connectivity index (χ2v) is 9.74. The molecule has 196 valence electrons. The van der Waals surface area contributed by atoms with Crippen LogP contribution in [0.2, 0.25) is 0 Å². The summed E-state index contributed by atoms with van der Waals surface area (Å²) in [5, 5.41) is 12.3. The molecule has 1 amide bonds. The number of halogens is 1. The Balaban J connectivity index is 2.07. The molecule has 37 heavy (non-hydrogen) atoms. The van der Waals surface area contributed by atoms with Gasteiger partial charge in [0.1, 0.15) is 11.3 Å². The van der Waals surface area contributed by atoms with E-state index in [0.29, 0.717) is 23.9 Å². The smallest absolute Gasteiger partial charge is 0.414 e. The lowest BCUT2D eigenvalue weighted by Gasteiger charge is -2.15. The standard InChI is InChI=1S/C24H26FN5O6S/c1-27-37(33,34)29-20-6-4-5-15(22(20)25)13-19-17(9-11-28-12-10-26)18-8-7-16(35-24(32)30(2)3)14-21(18)36-23(19)31/h4-8,14,27-29H,9,11-13H2,1-3H3. The maximum absolute atomic E-state index is 15.2. The Kier molecular flexibility index (Phi) is 8.82. The highest BCUT2D eigenvalue weighted by Crippen LogP contribution is 2.28. The third-order valence-corrected chi connectivity index (χ3v) is 6.40. The number of nitrogens with one attached hydrogen (secondary N) is 3. The van der Waals surface area contributed by atoms with Gasteiger partial charge in [-0.25, -0.2) is 18.7 Å². The number of amides is 1. The van der Waals surface area contributed by atoms with Crippen molar-refractivity contribution in [2.24, 2.45) is 0 Å². The molecular formula is C24H26FN5O6S. The van der Waals surface area contributed by atoms with Crippen molar-refractivity contribution < 1.29 is 26.8 Å². The van der Waals surface area contributed by atoms with Crippen LogP contribution in [0.1, 0.15) is 16.7 Å². The fourth-order valence-corrected chi connectivity index (χ4v) is 4.09. The molecule has 1 heterocycles. The van der Waals surface area contributed by atoms with Crippen molar-refractivity contribution in [1.29, 1.82) is 5.26 Å². The molecule has 0 atom stereocenters. The lowest BCUT2D eigenvalue weighted by atomic mass is 9.96. The summed E-state index contributed by atoms with van der Waals surface area (Å²) >= 11 is 0. The third kappa shape index (κ3) is 6.82. The van der Waals surface area contributed by atoms with E-state index in [1.54, 1.807) is 12.1 Å². The van der Waals surface area contributed by atoms with Gasteiger partial charge in [-0.2, -0.15) is 13.7 Å². The van der Waals surface area contributed by atoms with Crippen LogP contribution in [0.5, 0.6) is 5.75 Å². The molecule has 0 saturated heterocycles. The molecule has 2 aromatic carbocycles. The number of ether oxygens (including phenoxy) is 1. The molecule has 0 saturated carbocycles. The van der Waals surface area contributed by atoms with Gasteiger partial charge in [0.25, 0.3) is 10.2 Å². The summed E-state index contributed by atoms with van der Waals surface area (Å²) in [4.78, 5) is 26.2. The van der Waals surface area contributed by atoms with Crippen LogP contribution in [-0.2, 0) is 23.1 Å². The average molecular weight is 532 g/mol. The van der Waals surface area contributed by atoms with Crippen LogP contribution in [-0.4, -0.2) is 53.6 Å². The van der Waals surface area contributed by atoms with Gasteiger partial charge < -0.3 is 19.4 Å². The fraction of sp³-hybridized carbons (Fsp3) is 0.292. The number of nitrogens with zero attached hydrogens (tertiary/aromatic N) is 2. The number of benzene rings is 2. The van der Waals surface area contributed by atoms with Crippen molar-refractivity contribution in [2.75, 3.05) is 39.0 Å². The van der Waals surface area contributed by atoms with E-state index in [9.17, 15) is 18.0 Å². The normalized spacial score (nSPS) is 11.2. The molecule has 1 aromatic heterocycles. The van der Waals surface area contributed by atoms with E-state index >= 15 is 4.39 Å². The van der Waals surface area contributed by atoms with Gasteiger partial charge in [-0.3, -0.25) is 4.72 Å². The molecule has 0 spiro atoms. The molecule has 3 N–H and O–H groups in total. The summed E-state index contributed by atoms with van der Waals surface area (Å²) in [5.41, 5.74) is -0.0180. The second kappa shape index (κ2) is 11.8. The number of carbonyl (C=O) groups is 1. The Morgan fingerprint density at radius 1 is 1.22 bits per heavy atom. The van der Waals surface area contributed by atoms with Crippen LogP contribution in [0.15, 0.2) is 45.6 Å². The first-order valence-corrected chi connectivity index (χ1v) is 12.6. The maximum atomic E-state index is 15.2. The average Bonchev–Trinajstić information content (AvgIpc) is 2.85. The summed E-state index contributed by atoms with van der Waals surface area (Å²) in [7, 11) is 0.281. The van der Waals surface area contributed by atoms with Gasteiger partial charge in [0, 0.05) is 51.1 Å². The Bertz CT molecular complexity index is 1510. The highest BCUT2D eigenvalue weighted by molar-refractivity contribution is 7.90. The van der Waals surface area contributed by atoms with Crippen molar-refractivity contribution in [3.8, 4) is 11.8 Å². The predicted molar refractivity (Wildman–Crippen MR) is 135 cm³/mol. The van der Waals surface area contributed by atoms with E-state index in [1.165, 1.54) is 50.3 Å². The molecule has 0 bridgehead atoms. The van der Waals surface area contributed by atoms with Crippen molar-refractivity contribution >= 4 is 33.0 Å². The zero-order chi connectivity index (χ0) is 27.2. The van der Waals surface area contributed by atoms with Crippen LogP contribution < -0.4 is 25.1 Å². The van der Waals surface area contributed by atoms with Gasteiger partial charge >= 0.3 is 11.7 Å². The Hall–Kier alpha value is -3.99. The van der Waals surface area contributed by atoms with E-state index < -0.39 is 27.7 Å². The van der Waals surface area contributed by atoms with Gasteiger partial charge in [0.15, 0.2) is 5.82 Å². The molecule has 0 unspecified atom stereocenters. The van der Waals surface area contributed by atoms with Gasteiger partial charge in [-0.15, -0.1) is 0 Å². The fourth-order valence-electron chi connectivity index (χ4n) is 3.54. The Morgan fingerprint density at radius 3 is 2.65 bits per heavy atom. The van der Waals surface area contributed by atoms with Gasteiger partial charge in [0.2, 0.25) is 0 Å². The van der Waals surface area contributed by atoms with Crippen molar-refractivity contribution in [2.45, 2.75) is 12.8 Å². The summed E-state index contributed by atoms with van der Waals surface area (Å²) in [6, 6.07) is 10.7. The minimum atomic E-state index is -3.96. The molecule has 11 nitrogen and oxygen atoms in total. The summed E-state index contributed by atoms with van der Waals surface area (Å²) in [6.45, 7) is 0.447. The van der Waals surface area contributed by atoms with E-state index in [0.717, 1.165) is 0 Å². The van der Waals surface area contributed by atoms with Gasteiger partial charge in [0.05, 0.1) is 18.3 Å². The summed E-state index contributed by atoms with van der Waals surface area (Å²) in [5.74, 6) is -0.661. The zero-order valence-electron chi connectivity index (χ0n) is 20.4. The second-order valence-electron chi connectivity index (χ2n) is 8.12. The lowest BCUT2D eigenvalue weighted by molar-refractivity contribution is 0.172. The van der Waals surface area contributed by atoms with Crippen LogP contribution in [0, 0.1) is 17.1 Å². The molecule has 0 radical (unpaired) electrons. The van der Waals surface area contributed by atoms with Crippen molar-refractivity contribution in [3.05, 3.63) is 69.3 Å². The first-order valence-electron chi connectivity index (χ1n) is 11.1. The molecule has 0 aliphatic rings. The number of nitriles is 1. The molecule has 0 fully saturated rings. The van der Waals surface area contributed by atoms with Crippen LogP contribution in [0.4, 0.5) is 14.9 Å². The van der Waals surface area contributed by atoms with E-state index in [2.05, 4.69) is 10.0 Å². The van der Waals surface area contributed by atoms with Crippen LogP contribution in [0.3, 0.4) is 0 Å². The minimum absolute atomic E-state index is 0.0747. The number of hydrogen-bond acceptors (Lipinski definition) is 8. The molecular weight excluding hydrogens is 505 g/mol. The van der Waals surface area contributed by atoms with Crippen molar-refractivity contribution in [1.82, 2.24) is 14.9 Å². The van der Waals surface area contributed by atoms with E-state index in [1.807, 2.05) is 10.8 Å². The van der Waals surface area contributed by atoms with Crippen molar-refractivity contribution in [3.63, 3.8) is 0 Å². The number of fused-ring (bicyclic) bond motifs is 1. The molecule has 0 aliphatic carbocycles. The number of carbonyl (C=O) groups excluding carboxylic acids is 1. The molecule has 3 rings (SSSR count). The van der Waals surface area contributed by atoms with Crippen LogP contribution in [0.25, 0.3) is 11.0 Å². The van der Waals surface area contributed by atoms with E-state index in [-0.39, 0.29) is 41.1 Å². The zero-order valence-corrected chi connectivity index (χ0v) is 21.2. The van der Waals surface area contributed by atoms with Gasteiger partial charge in [-0.05, 0) is 35.7 Å². The molecule has 13 heteroatoms. The maximum Gasteiger partial charge on any atom is 0.414 e. The number of anilines is 1. The highest BCUT2D eigenvalue weighted by Gasteiger charge is 2.20. The third-order valence-electron chi connectivity index (χ3n) is 5.38. The minimum Gasteiger partial charge on any atom is -0.422 e. The quantitative estimate of drug-likeness (QED) is 0.204. The van der Waals surface area contributed by atoms with Crippen LogP contribution >= 0.6 is 0 Å². The number of hydrogen-bond donors (Lipinski definition) is 3. The topological polar surface area (TPSA) is 154 Å². The first-order chi connectivity index (χ1) is 17.6.